The summed E-state index contributed by atoms with van der Waals surface area (Å²) in [7, 11) is 4.20. The van der Waals surface area contributed by atoms with Crippen LogP contribution in [-0.4, -0.2) is 95.4 Å². The van der Waals surface area contributed by atoms with Gasteiger partial charge in [0.2, 0.25) is 12.0 Å². The van der Waals surface area contributed by atoms with Gasteiger partial charge >= 0.3 is 0 Å². The largest absolute Gasteiger partial charge is 0.508 e. The number of aliphatic hydroxyl groups excluding tert-OH is 5. The van der Waals surface area contributed by atoms with Crippen molar-refractivity contribution in [2.24, 2.45) is 0 Å². The van der Waals surface area contributed by atoms with E-state index in [0.29, 0.717) is 22.6 Å². The molecule has 0 aromatic heterocycles. The van der Waals surface area contributed by atoms with Gasteiger partial charge in [0.25, 0.3) is 0 Å². The smallest absolute Gasteiger partial charge is 0.229 e. The maximum atomic E-state index is 10.9. The van der Waals surface area contributed by atoms with E-state index in [-0.39, 0.29) is 29.4 Å². The van der Waals surface area contributed by atoms with Crippen LogP contribution in [0.25, 0.3) is 0 Å². The highest BCUT2D eigenvalue weighted by molar-refractivity contribution is 5.56. The summed E-state index contributed by atoms with van der Waals surface area (Å²) in [5.41, 5.74) is 1.07. The average Bonchev–Trinajstić information content (AvgIpc) is 2.88. The van der Waals surface area contributed by atoms with Crippen LogP contribution in [0.5, 0.6) is 34.5 Å². The molecule has 6 N–H and O–H groups in total. The summed E-state index contributed by atoms with van der Waals surface area (Å²) < 4.78 is 33.4. The van der Waals surface area contributed by atoms with E-state index in [1.165, 1.54) is 33.5 Å². The van der Waals surface area contributed by atoms with E-state index in [4.69, 9.17) is 28.4 Å². The van der Waals surface area contributed by atoms with E-state index >= 15 is 0 Å². The summed E-state index contributed by atoms with van der Waals surface area (Å²) >= 11 is 0. The highest BCUT2D eigenvalue weighted by Crippen LogP contribution is 2.46. The van der Waals surface area contributed by atoms with Gasteiger partial charge in [0.05, 0.1) is 34.0 Å². The molecule has 198 valence electrons. The number of phenolic OH excluding ortho intramolecular Hbond substituents is 1. The summed E-state index contributed by atoms with van der Waals surface area (Å²) in [6.07, 6.45) is -9.09. The van der Waals surface area contributed by atoms with Crippen molar-refractivity contribution in [3.63, 3.8) is 0 Å². The van der Waals surface area contributed by atoms with Gasteiger partial charge in [0.15, 0.2) is 17.6 Å². The standard InChI is InChI=1S/C24H30O12/c1-31-14-6-11(26)7-15-12(14)8-13(27)22(34-15)10-4-16(32-2)23(17(5-10)33-3)36-24-21(30)20(29)19(28)18(9-25)35-24/h4-7,13,18-22,24-30H,8-9H2,1-3H3/t13-,18+,19+,20-,21+,22+,24-/m0/s1. The van der Waals surface area contributed by atoms with Crippen molar-refractivity contribution < 1.29 is 59.1 Å². The van der Waals surface area contributed by atoms with Crippen LogP contribution in [-0.2, 0) is 11.2 Å². The van der Waals surface area contributed by atoms with Crippen molar-refractivity contribution in [3.8, 4) is 34.5 Å². The lowest BCUT2D eigenvalue weighted by Crippen LogP contribution is -2.60. The summed E-state index contributed by atoms with van der Waals surface area (Å²) in [6, 6.07) is 5.95. The maximum absolute atomic E-state index is 10.9. The summed E-state index contributed by atoms with van der Waals surface area (Å²) in [5.74, 6) is 0.965. The van der Waals surface area contributed by atoms with Crippen LogP contribution in [0.1, 0.15) is 17.2 Å². The van der Waals surface area contributed by atoms with Crippen molar-refractivity contribution in [1.82, 2.24) is 0 Å². The van der Waals surface area contributed by atoms with Crippen molar-refractivity contribution in [2.75, 3.05) is 27.9 Å². The molecule has 1 saturated heterocycles. The highest BCUT2D eigenvalue weighted by atomic mass is 16.7. The zero-order valence-corrected chi connectivity index (χ0v) is 19.9. The highest BCUT2D eigenvalue weighted by Gasteiger charge is 2.45. The molecule has 2 aromatic rings. The second-order valence-electron chi connectivity index (χ2n) is 8.50. The number of rotatable bonds is 7. The molecule has 12 heteroatoms. The van der Waals surface area contributed by atoms with Crippen molar-refractivity contribution in [2.45, 2.75) is 49.3 Å². The Balaban J connectivity index is 1.66. The Morgan fingerprint density at radius 3 is 2.08 bits per heavy atom. The molecule has 0 spiro atoms. The molecule has 0 bridgehead atoms. The Kier molecular flexibility index (Phi) is 7.64. The number of methoxy groups -OCH3 is 3. The molecule has 0 aliphatic carbocycles. The van der Waals surface area contributed by atoms with E-state index in [1.807, 2.05) is 0 Å². The SMILES string of the molecule is COc1cc(O)cc2c1C[C@H](O)[C@@H](c1cc(OC)c(O[C@@H]3O[C@H](CO)[C@@H](O)[C@H](O)[C@H]3O)c(OC)c1)O2. The number of ether oxygens (including phenoxy) is 6. The van der Waals surface area contributed by atoms with E-state index in [2.05, 4.69) is 0 Å². The van der Waals surface area contributed by atoms with Crippen LogP contribution < -0.4 is 23.7 Å². The molecular weight excluding hydrogens is 480 g/mol. The number of fused-ring (bicyclic) bond motifs is 1. The molecule has 0 amide bonds. The third kappa shape index (κ3) is 4.71. The van der Waals surface area contributed by atoms with Crippen LogP contribution >= 0.6 is 0 Å². The fraction of sp³-hybridized carbons (Fsp3) is 0.500. The summed E-state index contributed by atoms with van der Waals surface area (Å²) in [6.45, 7) is -0.614. The molecule has 36 heavy (non-hydrogen) atoms. The molecule has 0 unspecified atom stereocenters. The monoisotopic (exact) mass is 510 g/mol. The number of benzene rings is 2. The van der Waals surface area contributed by atoms with Gasteiger partial charge in [-0.2, -0.15) is 0 Å². The number of aliphatic hydroxyl groups is 5. The van der Waals surface area contributed by atoms with Crippen LogP contribution in [0.15, 0.2) is 24.3 Å². The predicted molar refractivity (Wildman–Crippen MR) is 122 cm³/mol. The zero-order valence-electron chi connectivity index (χ0n) is 19.9. The normalized spacial score (nSPS) is 29.6. The predicted octanol–water partition coefficient (Wildman–Crippen LogP) is -0.366. The van der Waals surface area contributed by atoms with Crippen LogP contribution in [0.2, 0.25) is 0 Å². The topological polar surface area (TPSA) is 177 Å². The van der Waals surface area contributed by atoms with Crippen molar-refractivity contribution >= 4 is 0 Å². The number of aromatic hydroxyl groups is 1. The van der Waals surface area contributed by atoms with Crippen LogP contribution in [0.4, 0.5) is 0 Å². The molecule has 4 rings (SSSR count). The first-order valence-electron chi connectivity index (χ1n) is 11.2. The Morgan fingerprint density at radius 1 is 0.861 bits per heavy atom. The number of hydrogen-bond acceptors (Lipinski definition) is 12. The third-order valence-electron chi connectivity index (χ3n) is 6.28. The molecule has 2 aliphatic heterocycles. The second kappa shape index (κ2) is 10.5. The van der Waals surface area contributed by atoms with Gasteiger partial charge in [0, 0.05) is 29.7 Å². The third-order valence-corrected chi connectivity index (χ3v) is 6.28. The van der Waals surface area contributed by atoms with Gasteiger partial charge in [-0.1, -0.05) is 0 Å². The average molecular weight is 510 g/mol. The van der Waals surface area contributed by atoms with E-state index in [0.717, 1.165) is 0 Å². The van der Waals surface area contributed by atoms with Gasteiger partial charge in [0.1, 0.15) is 41.7 Å². The van der Waals surface area contributed by atoms with Crippen LogP contribution in [0.3, 0.4) is 0 Å². The lowest BCUT2D eigenvalue weighted by atomic mass is 9.93. The quantitative estimate of drug-likeness (QED) is 0.285. The first-order chi connectivity index (χ1) is 17.2. The lowest BCUT2D eigenvalue weighted by Gasteiger charge is -2.39. The Morgan fingerprint density at radius 2 is 1.50 bits per heavy atom. The van der Waals surface area contributed by atoms with Crippen molar-refractivity contribution in [1.29, 1.82) is 0 Å². The Bertz CT molecular complexity index is 1050. The molecular formula is C24H30O12. The fourth-order valence-corrected chi connectivity index (χ4v) is 4.38. The first-order valence-corrected chi connectivity index (χ1v) is 11.2. The Labute approximate surface area is 206 Å². The molecule has 12 nitrogen and oxygen atoms in total. The van der Waals surface area contributed by atoms with Gasteiger partial charge in [-0.15, -0.1) is 0 Å². The lowest BCUT2D eigenvalue weighted by molar-refractivity contribution is -0.277. The molecule has 2 aliphatic rings. The fourth-order valence-electron chi connectivity index (χ4n) is 4.38. The van der Waals surface area contributed by atoms with Gasteiger partial charge < -0.3 is 59.1 Å². The molecule has 0 radical (unpaired) electrons. The summed E-state index contributed by atoms with van der Waals surface area (Å²) in [5, 5.41) is 60.8. The second-order valence-corrected chi connectivity index (χ2v) is 8.50. The number of phenols is 1. The number of hydrogen-bond donors (Lipinski definition) is 6. The molecule has 0 saturated carbocycles. The van der Waals surface area contributed by atoms with E-state index < -0.39 is 49.5 Å². The maximum Gasteiger partial charge on any atom is 0.229 e. The molecule has 2 heterocycles. The Hall–Kier alpha value is -3.00. The van der Waals surface area contributed by atoms with Gasteiger partial charge in [-0.05, 0) is 12.1 Å². The van der Waals surface area contributed by atoms with E-state index in [9.17, 15) is 30.6 Å². The van der Waals surface area contributed by atoms with Gasteiger partial charge in [-0.25, -0.2) is 0 Å². The molecule has 2 aromatic carbocycles. The first kappa shape index (κ1) is 26.1. The van der Waals surface area contributed by atoms with Crippen molar-refractivity contribution in [3.05, 3.63) is 35.4 Å². The van der Waals surface area contributed by atoms with Gasteiger partial charge in [-0.3, -0.25) is 0 Å². The molecule has 1 fully saturated rings. The minimum atomic E-state index is -1.64. The summed E-state index contributed by atoms with van der Waals surface area (Å²) in [4.78, 5) is 0. The molecule has 7 atom stereocenters. The zero-order chi connectivity index (χ0) is 26.1. The van der Waals surface area contributed by atoms with Crippen LogP contribution in [0, 0.1) is 0 Å². The minimum absolute atomic E-state index is 0.0121. The van der Waals surface area contributed by atoms with E-state index in [1.54, 1.807) is 12.1 Å². The minimum Gasteiger partial charge on any atom is -0.508 e.